The van der Waals surface area contributed by atoms with Crippen molar-refractivity contribution in [1.29, 1.82) is 0 Å². The maximum Gasteiger partial charge on any atom is 0.340 e. The summed E-state index contributed by atoms with van der Waals surface area (Å²) < 4.78 is 18.6. The molecule has 2 rings (SSSR count). The van der Waals surface area contributed by atoms with E-state index in [-0.39, 0.29) is 5.56 Å². The number of nitrogens with zero attached hydrogens (tertiary/aromatic N) is 1. The summed E-state index contributed by atoms with van der Waals surface area (Å²) in [6.07, 6.45) is 6.12. The average molecular weight is 293 g/mol. The third-order valence-corrected chi connectivity index (χ3v) is 4.29. The monoisotopic (exact) mass is 293 g/mol. The molecule has 1 atom stereocenters. The van der Waals surface area contributed by atoms with Gasteiger partial charge in [-0.3, -0.25) is 4.90 Å². The van der Waals surface area contributed by atoms with Gasteiger partial charge in [0.05, 0.1) is 12.7 Å². The molecule has 3 nitrogen and oxygen atoms in total. The zero-order valence-corrected chi connectivity index (χ0v) is 12.9. The van der Waals surface area contributed by atoms with Crippen LogP contribution in [0.2, 0.25) is 0 Å². The van der Waals surface area contributed by atoms with Gasteiger partial charge in [0, 0.05) is 12.6 Å². The summed E-state index contributed by atoms with van der Waals surface area (Å²) in [7, 11) is 1.26. The van der Waals surface area contributed by atoms with Crippen molar-refractivity contribution in [3.8, 4) is 0 Å². The van der Waals surface area contributed by atoms with Crippen LogP contribution >= 0.6 is 0 Å². The standard InChI is InChI=1S/C17H24FNO2/c1-3-14-7-5-4-6-10-19(14)12-13-8-9-15(16(18)11-13)17(20)21-2/h8-9,11,14H,3-7,10,12H2,1-2H3. The van der Waals surface area contributed by atoms with Crippen molar-refractivity contribution in [2.45, 2.75) is 51.6 Å². The van der Waals surface area contributed by atoms with E-state index in [2.05, 4.69) is 16.6 Å². The van der Waals surface area contributed by atoms with Crippen LogP contribution in [0.25, 0.3) is 0 Å². The third kappa shape index (κ3) is 4.03. The number of carbonyl (C=O) groups is 1. The highest BCUT2D eigenvalue weighted by molar-refractivity contribution is 5.89. The maximum absolute atomic E-state index is 14.0. The molecule has 4 heteroatoms. The highest BCUT2D eigenvalue weighted by Gasteiger charge is 2.20. The first kappa shape index (κ1) is 16.0. The first-order valence-corrected chi connectivity index (χ1v) is 7.76. The lowest BCUT2D eigenvalue weighted by Crippen LogP contribution is -2.33. The molecule has 1 heterocycles. The molecule has 1 fully saturated rings. The van der Waals surface area contributed by atoms with Crippen LogP contribution in [0.1, 0.15) is 54.9 Å². The number of hydrogen-bond acceptors (Lipinski definition) is 3. The summed E-state index contributed by atoms with van der Waals surface area (Å²) in [4.78, 5) is 13.9. The van der Waals surface area contributed by atoms with Gasteiger partial charge in [-0.25, -0.2) is 9.18 Å². The predicted octanol–water partition coefficient (Wildman–Crippen LogP) is 3.77. The van der Waals surface area contributed by atoms with E-state index in [1.807, 2.05) is 6.07 Å². The fraction of sp³-hybridized carbons (Fsp3) is 0.588. The fourth-order valence-electron chi connectivity index (χ4n) is 3.07. The molecule has 1 saturated heterocycles. The summed E-state index contributed by atoms with van der Waals surface area (Å²) in [6, 6.07) is 5.39. The highest BCUT2D eigenvalue weighted by Crippen LogP contribution is 2.22. The van der Waals surface area contributed by atoms with Gasteiger partial charge in [-0.1, -0.05) is 25.8 Å². The van der Waals surface area contributed by atoms with Crippen molar-refractivity contribution < 1.29 is 13.9 Å². The SMILES string of the molecule is CCC1CCCCCN1Cc1ccc(C(=O)OC)c(F)c1. The van der Waals surface area contributed by atoms with Crippen molar-refractivity contribution in [3.63, 3.8) is 0 Å². The van der Waals surface area contributed by atoms with Gasteiger partial charge in [0.2, 0.25) is 0 Å². The van der Waals surface area contributed by atoms with Crippen molar-refractivity contribution in [1.82, 2.24) is 4.90 Å². The van der Waals surface area contributed by atoms with Gasteiger partial charge in [-0.05, 0) is 43.5 Å². The van der Waals surface area contributed by atoms with Crippen LogP contribution in [0.5, 0.6) is 0 Å². The van der Waals surface area contributed by atoms with E-state index in [1.54, 1.807) is 0 Å². The zero-order valence-electron chi connectivity index (χ0n) is 12.9. The minimum absolute atomic E-state index is 0.00385. The fourth-order valence-corrected chi connectivity index (χ4v) is 3.07. The Labute approximate surface area is 126 Å². The molecule has 116 valence electrons. The molecule has 1 unspecified atom stereocenters. The van der Waals surface area contributed by atoms with Gasteiger partial charge in [-0.2, -0.15) is 0 Å². The van der Waals surface area contributed by atoms with Crippen LogP contribution in [0, 0.1) is 5.82 Å². The summed E-state index contributed by atoms with van der Waals surface area (Å²) in [6.45, 7) is 4.03. The van der Waals surface area contributed by atoms with E-state index in [9.17, 15) is 9.18 Å². The topological polar surface area (TPSA) is 29.5 Å². The van der Waals surface area contributed by atoms with Crippen molar-refractivity contribution in [2.75, 3.05) is 13.7 Å². The van der Waals surface area contributed by atoms with Crippen molar-refractivity contribution in [3.05, 3.63) is 35.1 Å². The van der Waals surface area contributed by atoms with Gasteiger partial charge >= 0.3 is 5.97 Å². The number of rotatable bonds is 4. The van der Waals surface area contributed by atoms with Gasteiger partial charge in [-0.15, -0.1) is 0 Å². The zero-order chi connectivity index (χ0) is 15.2. The van der Waals surface area contributed by atoms with E-state index in [0.29, 0.717) is 6.04 Å². The molecule has 0 aliphatic carbocycles. The van der Waals surface area contributed by atoms with Crippen LogP contribution < -0.4 is 0 Å². The first-order chi connectivity index (χ1) is 10.2. The minimum atomic E-state index is -0.625. The van der Waals surface area contributed by atoms with E-state index in [4.69, 9.17) is 0 Å². The number of benzene rings is 1. The minimum Gasteiger partial charge on any atom is -0.465 e. The lowest BCUT2D eigenvalue weighted by Gasteiger charge is -2.29. The molecule has 1 aliphatic rings. The summed E-state index contributed by atoms with van der Waals surface area (Å²) in [5, 5.41) is 0. The van der Waals surface area contributed by atoms with Crippen LogP contribution in [-0.2, 0) is 11.3 Å². The van der Waals surface area contributed by atoms with Crippen LogP contribution in [0.3, 0.4) is 0 Å². The number of hydrogen-bond donors (Lipinski definition) is 0. The Morgan fingerprint density at radius 2 is 2.19 bits per heavy atom. The van der Waals surface area contributed by atoms with E-state index in [0.717, 1.165) is 25.1 Å². The van der Waals surface area contributed by atoms with Crippen LogP contribution in [0.15, 0.2) is 18.2 Å². The Morgan fingerprint density at radius 3 is 2.86 bits per heavy atom. The Hall–Kier alpha value is -1.42. The summed E-state index contributed by atoms with van der Waals surface area (Å²) in [5.41, 5.74) is 0.921. The molecule has 1 aliphatic heterocycles. The second-order valence-electron chi connectivity index (χ2n) is 5.69. The smallest absolute Gasteiger partial charge is 0.340 e. The molecule has 0 amide bonds. The molecule has 0 radical (unpaired) electrons. The molecule has 0 aromatic heterocycles. The number of esters is 1. The second-order valence-corrected chi connectivity index (χ2v) is 5.69. The second kappa shape index (κ2) is 7.55. The van der Waals surface area contributed by atoms with Gasteiger partial charge in [0.25, 0.3) is 0 Å². The molecule has 0 bridgehead atoms. The van der Waals surface area contributed by atoms with Gasteiger partial charge in [0.1, 0.15) is 5.82 Å². The van der Waals surface area contributed by atoms with Gasteiger partial charge in [0.15, 0.2) is 0 Å². The number of ether oxygens (including phenoxy) is 1. The lowest BCUT2D eigenvalue weighted by atomic mass is 10.1. The number of halogens is 1. The summed E-state index contributed by atoms with van der Waals surface area (Å²) >= 11 is 0. The largest absolute Gasteiger partial charge is 0.465 e. The quantitative estimate of drug-likeness (QED) is 0.792. The maximum atomic E-state index is 14.0. The molecule has 0 saturated carbocycles. The average Bonchev–Trinajstić information content (AvgIpc) is 2.71. The van der Waals surface area contributed by atoms with E-state index in [1.165, 1.54) is 44.9 Å². The number of methoxy groups -OCH3 is 1. The highest BCUT2D eigenvalue weighted by atomic mass is 19.1. The Kier molecular flexibility index (Phi) is 5.74. The molecular weight excluding hydrogens is 269 g/mol. The van der Waals surface area contributed by atoms with Crippen LogP contribution in [-0.4, -0.2) is 30.6 Å². The Balaban J connectivity index is 2.11. The predicted molar refractivity (Wildman–Crippen MR) is 80.7 cm³/mol. The normalized spacial score (nSPS) is 20.0. The van der Waals surface area contributed by atoms with Crippen molar-refractivity contribution in [2.24, 2.45) is 0 Å². The molecule has 1 aromatic rings. The lowest BCUT2D eigenvalue weighted by molar-refractivity contribution is 0.0595. The molecular formula is C17H24FNO2. The molecule has 1 aromatic carbocycles. The van der Waals surface area contributed by atoms with Gasteiger partial charge < -0.3 is 4.74 Å². The molecule has 0 N–H and O–H groups in total. The summed E-state index contributed by atoms with van der Waals surface area (Å²) in [5.74, 6) is -1.12. The number of carbonyl (C=O) groups excluding carboxylic acids is 1. The van der Waals surface area contributed by atoms with E-state index < -0.39 is 11.8 Å². The Morgan fingerprint density at radius 1 is 1.38 bits per heavy atom. The van der Waals surface area contributed by atoms with Crippen LogP contribution in [0.4, 0.5) is 4.39 Å². The molecule has 0 spiro atoms. The number of likely N-dealkylation sites (tertiary alicyclic amines) is 1. The van der Waals surface area contributed by atoms with E-state index >= 15 is 0 Å². The first-order valence-electron chi connectivity index (χ1n) is 7.76. The molecule has 21 heavy (non-hydrogen) atoms. The van der Waals surface area contributed by atoms with Crippen molar-refractivity contribution >= 4 is 5.97 Å². The Bertz CT molecular complexity index is 490. The third-order valence-electron chi connectivity index (χ3n) is 4.29.